The first kappa shape index (κ1) is 14.6. The summed E-state index contributed by atoms with van der Waals surface area (Å²) in [6, 6.07) is -1.55. The Morgan fingerprint density at radius 3 is 2.53 bits per heavy atom. The molecule has 1 aliphatic heterocycles. The van der Waals surface area contributed by atoms with Gasteiger partial charge in [0.2, 0.25) is 5.91 Å². The van der Waals surface area contributed by atoms with Crippen LogP contribution >= 0.6 is 0 Å². The molecule has 4 nitrogen and oxygen atoms in total. The maximum absolute atomic E-state index is 12.9. The smallest absolute Gasteiger partial charge is 0.396 e. The van der Waals surface area contributed by atoms with Crippen molar-refractivity contribution in [3.05, 3.63) is 0 Å². The van der Waals surface area contributed by atoms with Crippen LogP contribution in [-0.2, 0) is 4.79 Å². The average Bonchev–Trinajstić information content (AvgIpc) is 2.98. The van der Waals surface area contributed by atoms with E-state index >= 15 is 0 Å². The third kappa shape index (κ3) is 2.36. The van der Waals surface area contributed by atoms with Crippen LogP contribution in [0.1, 0.15) is 25.7 Å². The van der Waals surface area contributed by atoms with Crippen molar-refractivity contribution in [2.24, 2.45) is 11.1 Å². The number of nitrogens with two attached hydrogens (primary N) is 1. The molecule has 0 radical (unpaired) electrons. The van der Waals surface area contributed by atoms with E-state index in [0.29, 0.717) is 19.4 Å². The second-order valence-electron chi connectivity index (χ2n) is 5.61. The number of carbonyl (C=O) groups is 1. The number of likely N-dealkylation sites (tertiary alicyclic amines) is 1. The van der Waals surface area contributed by atoms with Crippen molar-refractivity contribution in [1.82, 2.24) is 4.90 Å². The van der Waals surface area contributed by atoms with Crippen LogP contribution in [0.25, 0.3) is 0 Å². The highest BCUT2D eigenvalue weighted by Crippen LogP contribution is 2.59. The Hall–Kier alpha value is -0.755. The number of amides is 1. The van der Waals surface area contributed by atoms with Gasteiger partial charge in [-0.2, -0.15) is 13.2 Å². The van der Waals surface area contributed by atoms with Gasteiger partial charge in [0.1, 0.15) is 0 Å². The molecule has 0 aromatic rings. The van der Waals surface area contributed by atoms with Gasteiger partial charge < -0.3 is 15.7 Å². The van der Waals surface area contributed by atoms with E-state index in [0.717, 1.165) is 0 Å². The molecule has 8 heteroatoms. The molecule has 1 saturated heterocycles. The molecule has 1 amide bonds. The summed E-state index contributed by atoms with van der Waals surface area (Å²) in [6.07, 6.45) is -3.32. The van der Waals surface area contributed by atoms with Crippen molar-refractivity contribution in [2.75, 3.05) is 6.54 Å². The van der Waals surface area contributed by atoms with Gasteiger partial charge in [0.05, 0.1) is 11.5 Å². The van der Waals surface area contributed by atoms with Gasteiger partial charge in [-0.05, 0) is 25.7 Å². The summed E-state index contributed by atoms with van der Waals surface area (Å²) in [5.74, 6) is -1.10. The van der Waals surface area contributed by atoms with Gasteiger partial charge in [0, 0.05) is 12.5 Å². The van der Waals surface area contributed by atoms with Gasteiger partial charge in [-0.1, -0.05) is 6.82 Å². The molecule has 108 valence electrons. The molecule has 1 aliphatic carbocycles. The van der Waals surface area contributed by atoms with E-state index in [2.05, 4.69) is 0 Å². The van der Waals surface area contributed by atoms with Gasteiger partial charge in [-0.25, -0.2) is 0 Å². The molecule has 2 aliphatic rings. The van der Waals surface area contributed by atoms with Crippen LogP contribution in [0.4, 0.5) is 13.2 Å². The average molecular weight is 278 g/mol. The summed E-state index contributed by atoms with van der Waals surface area (Å²) in [4.78, 5) is 13.5. The number of carbonyl (C=O) groups excluding carboxylic acids is 1. The maximum atomic E-state index is 12.9. The normalized spacial score (nSPS) is 27.3. The number of alkyl halides is 3. The van der Waals surface area contributed by atoms with E-state index in [4.69, 9.17) is 5.73 Å². The van der Waals surface area contributed by atoms with E-state index < -0.39 is 36.4 Å². The van der Waals surface area contributed by atoms with Crippen LogP contribution in [0, 0.1) is 5.41 Å². The maximum Gasteiger partial charge on any atom is 0.396 e. The largest absolute Gasteiger partial charge is 0.449 e. The van der Waals surface area contributed by atoms with E-state index in [1.54, 1.807) is 6.82 Å². The molecule has 19 heavy (non-hydrogen) atoms. The van der Waals surface area contributed by atoms with Crippen molar-refractivity contribution < 1.29 is 23.0 Å². The van der Waals surface area contributed by atoms with Crippen LogP contribution in [0.3, 0.4) is 0 Å². The Morgan fingerprint density at radius 2 is 2.11 bits per heavy atom. The van der Waals surface area contributed by atoms with Crippen LogP contribution in [-0.4, -0.2) is 47.5 Å². The van der Waals surface area contributed by atoms with Crippen LogP contribution < -0.4 is 5.73 Å². The molecular weight excluding hydrogens is 260 g/mol. The highest BCUT2D eigenvalue weighted by Gasteiger charge is 2.68. The van der Waals surface area contributed by atoms with Gasteiger partial charge >= 0.3 is 13.1 Å². The lowest BCUT2D eigenvalue weighted by atomic mass is 9.62. The third-order valence-corrected chi connectivity index (χ3v) is 4.35. The van der Waals surface area contributed by atoms with Gasteiger partial charge in [0.25, 0.3) is 0 Å². The van der Waals surface area contributed by atoms with E-state index in [1.165, 1.54) is 4.90 Å². The van der Waals surface area contributed by atoms with Crippen molar-refractivity contribution in [3.8, 4) is 0 Å². The lowest BCUT2D eigenvalue weighted by molar-refractivity contribution is -0.196. The fourth-order valence-electron chi connectivity index (χ4n) is 2.89. The molecule has 2 fully saturated rings. The minimum absolute atomic E-state index is 0.0867. The summed E-state index contributed by atoms with van der Waals surface area (Å²) in [5, 5.41) is 9.57. The molecule has 2 unspecified atom stereocenters. The number of hydrogen-bond donors (Lipinski definition) is 2. The molecule has 0 aromatic carbocycles. The van der Waals surface area contributed by atoms with E-state index in [9.17, 15) is 23.0 Å². The first-order valence-corrected chi connectivity index (χ1v) is 6.51. The van der Waals surface area contributed by atoms with Crippen LogP contribution in [0.15, 0.2) is 0 Å². The third-order valence-electron chi connectivity index (χ3n) is 4.35. The van der Waals surface area contributed by atoms with Crippen molar-refractivity contribution in [1.29, 1.82) is 0 Å². The quantitative estimate of drug-likeness (QED) is 0.750. The van der Waals surface area contributed by atoms with E-state index in [1.807, 2.05) is 0 Å². The molecule has 3 N–H and O–H groups in total. The Kier molecular flexibility index (Phi) is 3.59. The molecule has 0 aromatic heterocycles. The molecular formula is C11H18BF3N2O2. The molecule has 0 bridgehead atoms. The zero-order valence-electron chi connectivity index (χ0n) is 10.8. The minimum Gasteiger partial charge on any atom is -0.449 e. The predicted octanol–water partition coefficient (Wildman–Crippen LogP) is 0.800. The molecule has 0 spiro atoms. The highest BCUT2D eigenvalue weighted by molar-refractivity contribution is 6.51. The van der Waals surface area contributed by atoms with Crippen LogP contribution in [0.5, 0.6) is 0 Å². The van der Waals surface area contributed by atoms with Gasteiger partial charge in [-0.15, -0.1) is 0 Å². The molecule has 2 atom stereocenters. The SMILES string of the molecule is CB(O)C1CCCN1C(=O)C(N)C1(C(F)(F)F)CC1. The molecule has 2 rings (SSSR count). The highest BCUT2D eigenvalue weighted by atomic mass is 19.4. The van der Waals surface area contributed by atoms with Crippen molar-refractivity contribution in [3.63, 3.8) is 0 Å². The first-order chi connectivity index (χ1) is 8.71. The van der Waals surface area contributed by atoms with Crippen molar-refractivity contribution >= 4 is 12.8 Å². The second-order valence-corrected chi connectivity index (χ2v) is 5.61. The monoisotopic (exact) mass is 278 g/mol. The summed E-state index contributed by atoms with van der Waals surface area (Å²) in [6.45, 7) is 1.16. The molecule has 1 saturated carbocycles. The lowest BCUT2D eigenvalue weighted by Gasteiger charge is -2.32. The van der Waals surface area contributed by atoms with Gasteiger partial charge in [-0.3, -0.25) is 4.79 Å². The zero-order chi connectivity index (χ0) is 14.4. The predicted molar refractivity (Wildman–Crippen MR) is 64.3 cm³/mol. The number of rotatable bonds is 3. The van der Waals surface area contributed by atoms with Crippen molar-refractivity contribution in [2.45, 2.75) is 50.7 Å². The van der Waals surface area contributed by atoms with E-state index in [-0.39, 0.29) is 12.8 Å². The fraction of sp³-hybridized carbons (Fsp3) is 0.909. The summed E-state index contributed by atoms with van der Waals surface area (Å²) in [5.41, 5.74) is 3.55. The van der Waals surface area contributed by atoms with Gasteiger partial charge in [0.15, 0.2) is 0 Å². The fourth-order valence-corrected chi connectivity index (χ4v) is 2.89. The Bertz CT molecular complexity index is 371. The topological polar surface area (TPSA) is 66.6 Å². The van der Waals surface area contributed by atoms with Crippen LogP contribution in [0.2, 0.25) is 6.82 Å². The second kappa shape index (κ2) is 4.66. The number of halogens is 3. The Balaban J connectivity index is 2.12. The Labute approximate surface area is 110 Å². The standard InChI is InChI=1S/C11H18BF3N2O2/c1-12(19)7-3-2-6-17(7)9(18)8(16)10(4-5-10)11(13,14)15/h7-8,19H,2-6,16H2,1H3. The summed E-state index contributed by atoms with van der Waals surface area (Å²) < 4.78 is 38.8. The zero-order valence-corrected chi connectivity index (χ0v) is 10.8. The number of nitrogens with zero attached hydrogens (tertiary/aromatic N) is 1. The minimum atomic E-state index is -4.44. The lowest BCUT2D eigenvalue weighted by Crippen LogP contribution is -2.56. The number of hydrogen-bond acceptors (Lipinski definition) is 3. The molecule has 1 heterocycles. The first-order valence-electron chi connectivity index (χ1n) is 6.51. The Morgan fingerprint density at radius 1 is 1.53 bits per heavy atom. The summed E-state index contributed by atoms with van der Waals surface area (Å²) >= 11 is 0. The summed E-state index contributed by atoms with van der Waals surface area (Å²) in [7, 11) is 0.